The van der Waals surface area contributed by atoms with E-state index in [1.807, 2.05) is 6.07 Å². The molecular formula is C23H27ClN5P. The largest absolute Gasteiger partial charge is 0.338 e. The summed E-state index contributed by atoms with van der Waals surface area (Å²) >= 11 is 6.39. The number of fused-ring (bicyclic) bond motifs is 1. The van der Waals surface area contributed by atoms with Gasteiger partial charge in [0, 0.05) is 29.9 Å². The van der Waals surface area contributed by atoms with E-state index in [1.165, 1.54) is 16.4 Å². The van der Waals surface area contributed by atoms with Crippen LogP contribution < -0.4 is 21.3 Å². The van der Waals surface area contributed by atoms with Gasteiger partial charge in [-0.15, -0.1) is 0 Å². The van der Waals surface area contributed by atoms with Crippen molar-refractivity contribution in [1.82, 2.24) is 15.3 Å². The zero-order valence-electron chi connectivity index (χ0n) is 17.8. The van der Waals surface area contributed by atoms with E-state index in [9.17, 15) is 0 Å². The number of benzene rings is 2. The van der Waals surface area contributed by atoms with Crippen LogP contribution in [0.1, 0.15) is 25.0 Å². The first-order valence-electron chi connectivity index (χ1n) is 10.0. The number of aromatic nitrogens is 2. The fraction of sp³-hybridized carbons (Fsp3) is 0.304. The first-order chi connectivity index (χ1) is 14.3. The Morgan fingerprint density at radius 3 is 2.70 bits per heavy atom. The molecule has 0 fully saturated rings. The van der Waals surface area contributed by atoms with Gasteiger partial charge in [0.15, 0.2) is 5.82 Å². The third kappa shape index (κ3) is 4.44. The van der Waals surface area contributed by atoms with Gasteiger partial charge >= 0.3 is 0 Å². The second kappa shape index (κ2) is 8.50. The third-order valence-corrected chi connectivity index (χ3v) is 6.99. The van der Waals surface area contributed by atoms with Crippen molar-refractivity contribution in [2.75, 3.05) is 30.5 Å². The molecular weight excluding hydrogens is 413 g/mol. The van der Waals surface area contributed by atoms with E-state index in [0.29, 0.717) is 16.8 Å². The highest BCUT2D eigenvalue weighted by atomic mass is 35.5. The van der Waals surface area contributed by atoms with E-state index < -0.39 is 0 Å². The zero-order valence-corrected chi connectivity index (χ0v) is 19.4. The molecule has 1 aliphatic rings. The van der Waals surface area contributed by atoms with Crippen molar-refractivity contribution >= 4 is 48.0 Å². The van der Waals surface area contributed by atoms with Gasteiger partial charge < -0.3 is 16.0 Å². The average molecular weight is 440 g/mol. The van der Waals surface area contributed by atoms with E-state index in [-0.39, 0.29) is 13.3 Å². The Morgan fingerprint density at radius 1 is 1.10 bits per heavy atom. The number of anilines is 4. The van der Waals surface area contributed by atoms with E-state index in [1.54, 1.807) is 6.20 Å². The van der Waals surface area contributed by atoms with Crippen LogP contribution in [-0.2, 0) is 12.0 Å². The molecule has 2 heterocycles. The van der Waals surface area contributed by atoms with Gasteiger partial charge in [-0.25, -0.2) is 4.98 Å². The lowest BCUT2D eigenvalue weighted by Gasteiger charge is -2.33. The summed E-state index contributed by atoms with van der Waals surface area (Å²) in [5, 5.41) is 12.0. The number of hydrogen-bond donors (Lipinski definition) is 3. The predicted molar refractivity (Wildman–Crippen MR) is 130 cm³/mol. The third-order valence-electron chi connectivity index (χ3n) is 5.36. The van der Waals surface area contributed by atoms with Gasteiger partial charge in [-0.05, 0) is 48.0 Å². The van der Waals surface area contributed by atoms with Crippen molar-refractivity contribution < 1.29 is 0 Å². The second-order valence-electron chi connectivity index (χ2n) is 8.41. The van der Waals surface area contributed by atoms with Crippen LogP contribution >= 0.6 is 19.5 Å². The summed E-state index contributed by atoms with van der Waals surface area (Å²) in [7, 11) is -0.253. The fourth-order valence-corrected chi connectivity index (χ4v) is 4.96. The highest BCUT2D eigenvalue weighted by Gasteiger charge is 2.27. The molecule has 30 heavy (non-hydrogen) atoms. The molecule has 5 nitrogen and oxygen atoms in total. The fourth-order valence-electron chi connectivity index (χ4n) is 3.82. The Bertz CT molecular complexity index is 1070. The number of halogens is 1. The zero-order chi connectivity index (χ0) is 21.3. The van der Waals surface area contributed by atoms with E-state index in [0.717, 1.165) is 24.5 Å². The Morgan fingerprint density at radius 2 is 1.90 bits per heavy atom. The molecule has 0 aliphatic carbocycles. The summed E-state index contributed by atoms with van der Waals surface area (Å²) in [5.74, 6) is 1.11. The molecule has 0 unspecified atom stereocenters. The molecule has 7 heteroatoms. The lowest BCUT2D eigenvalue weighted by Crippen LogP contribution is -2.38. The first-order valence-corrected chi connectivity index (χ1v) is 12.6. The van der Waals surface area contributed by atoms with Gasteiger partial charge in [0.25, 0.3) is 0 Å². The first kappa shape index (κ1) is 21.0. The van der Waals surface area contributed by atoms with Gasteiger partial charge in [0.05, 0.1) is 6.20 Å². The van der Waals surface area contributed by atoms with Crippen molar-refractivity contribution in [3.8, 4) is 0 Å². The molecule has 0 atom stereocenters. The molecule has 1 aliphatic heterocycles. The van der Waals surface area contributed by atoms with E-state index in [4.69, 9.17) is 11.6 Å². The topological polar surface area (TPSA) is 61.9 Å². The Labute approximate surface area is 184 Å². The number of hydrogen-bond acceptors (Lipinski definition) is 5. The number of nitrogens with one attached hydrogen (secondary N) is 3. The lowest BCUT2D eigenvalue weighted by atomic mass is 9.79. The van der Waals surface area contributed by atoms with Gasteiger partial charge in [0.2, 0.25) is 5.95 Å². The second-order valence-corrected chi connectivity index (χ2v) is 11.1. The Hall–Kier alpha value is -2.20. The Kier molecular flexibility index (Phi) is 5.97. The minimum Gasteiger partial charge on any atom is -0.338 e. The monoisotopic (exact) mass is 439 g/mol. The quantitative estimate of drug-likeness (QED) is 0.467. The molecule has 2 aromatic carbocycles. The van der Waals surface area contributed by atoms with E-state index in [2.05, 4.69) is 89.5 Å². The van der Waals surface area contributed by atoms with Crippen LogP contribution in [0.3, 0.4) is 0 Å². The summed E-state index contributed by atoms with van der Waals surface area (Å²) < 4.78 is 0. The van der Waals surface area contributed by atoms with Crippen molar-refractivity contribution in [1.29, 1.82) is 0 Å². The molecule has 0 spiro atoms. The summed E-state index contributed by atoms with van der Waals surface area (Å²) in [6.07, 6.45) is 1.63. The SMILES string of the molecule is CP(C)c1ccccc1Nc1nc(Nc2ccc3c(c2)CNCC3(C)C)ncc1Cl. The Balaban J connectivity index is 1.59. The van der Waals surface area contributed by atoms with Crippen molar-refractivity contribution in [2.45, 2.75) is 25.8 Å². The smallest absolute Gasteiger partial charge is 0.229 e. The van der Waals surface area contributed by atoms with Gasteiger partial charge in [-0.1, -0.05) is 57.6 Å². The van der Waals surface area contributed by atoms with Crippen LogP contribution in [0.2, 0.25) is 5.02 Å². The maximum atomic E-state index is 6.39. The summed E-state index contributed by atoms with van der Waals surface area (Å²) in [6.45, 7) is 10.9. The van der Waals surface area contributed by atoms with Crippen molar-refractivity contribution in [3.63, 3.8) is 0 Å². The number of rotatable bonds is 5. The lowest BCUT2D eigenvalue weighted by molar-refractivity contribution is 0.435. The number of para-hydroxylation sites is 1. The average Bonchev–Trinajstić information content (AvgIpc) is 2.70. The van der Waals surface area contributed by atoms with Crippen molar-refractivity contribution in [3.05, 3.63) is 64.8 Å². The van der Waals surface area contributed by atoms with Gasteiger partial charge in [-0.2, -0.15) is 4.98 Å². The summed E-state index contributed by atoms with van der Waals surface area (Å²) in [4.78, 5) is 9.00. The molecule has 3 N–H and O–H groups in total. The van der Waals surface area contributed by atoms with Gasteiger partial charge in [0.1, 0.15) is 5.02 Å². The molecule has 156 valence electrons. The van der Waals surface area contributed by atoms with Gasteiger partial charge in [-0.3, -0.25) is 0 Å². The molecule has 0 bridgehead atoms. The molecule has 3 aromatic rings. The highest BCUT2D eigenvalue weighted by molar-refractivity contribution is 7.64. The molecule has 0 radical (unpaired) electrons. The molecule has 0 saturated heterocycles. The maximum Gasteiger partial charge on any atom is 0.229 e. The molecule has 0 saturated carbocycles. The van der Waals surface area contributed by atoms with Crippen LogP contribution in [-0.4, -0.2) is 29.8 Å². The molecule has 0 amide bonds. The summed E-state index contributed by atoms with van der Waals surface area (Å²) in [5.41, 5.74) is 4.82. The van der Waals surface area contributed by atoms with Crippen LogP contribution in [0.25, 0.3) is 0 Å². The normalized spacial score (nSPS) is 15.0. The predicted octanol–water partition coefficient (Wildman–Crippen LogP) is 5.36. The highest BCUT2D eigenvalue weighted by Crippen LogP contribution is 2.33. The molecule has 4 rings (SSSR count). The van der Waals surface area contributed by atoms with Crippen LogP contribution in [0.15, 0.2) is 48.7 Å². The van der Waals surface area contributed by atoms with Crippen LogP contribution in [0.4, 0.5) is 23.1 Å². The van der Waals surface area contributed by atoms with Crippen molar-refractivity contribution in [2.24, 2.45) is 0 Å². The maximum absolute atomic E-state index is 6.39. The number of nitrogens with zero attached hydrogens (tertiary/aromatic N) is 2. The minimum absolute atomic E-state index is 0.130. The van der Waals surface area contributed by atoms with Crippen LogP contribution in [0, 0.1) is 0 Å². The van der Waals surface area contributed by atoms with Crippen LogP contribution in [0.5, 0.6) is 0 Å². The van der Waals surface area contributed by atoms with E-state index >= 15 is 0 Å². The minimum atomic E-state index is -0.253. The summed E-state index contributed by atoms with van der Waals surface area (Å²) in [6, 6.07) is 14.7. The standard InChI is InChI=1S/C23H27ClN5P/c1-23(2)14-25-12-15-11-16(9-10-17(15)23)27-22-26-13-18(24)21(29-22)28-19-7-5-6-8-20(19)30(3)4/h5-11,13,25H,12,14H2,1-4H3,(H2,26,27,28,29). The molecule has 1 aromatic heterocycles.